The van der Waals surface area contributed by atoms with Gasteiger partial charge in [0.1, 0.15) is 0 Å². The number of rotatable bonds is 4. The average molecular weight is 349 g/mol. The van der Waals surface area contributed by atoms with E-state index in [0.29, 0.717) is 16.9 Å². The van der Waals surface area contributed by atoms with Crippen molar-refractivity contribution in [3.63, 3.8) is 0 Å². The molecule has 4 saturated carbocycles. The zero-order chi connectivity index (χ0) is 16.9. The first-order valence-electron chi connectivity index (χ1n) is 8.88. The molecule has 0 heterocycles. The quantitative estimate of drug-likeness (QED) is 0.782. The van der Waals surface area contributed by atoms with Gasteiger partial charge in [0.25, 0.3) is 0 Å². The number of halogens is 1. The van der Waals surface area contributed by atoms with Crippen molar-refractivity contribution >= 4 is 23.2 Å². The smallest absolute Gasteiger partial charge is 0.238 e. The fourth-order valence-electron chi connectivity index (χ4n) is 5.62. The van der Waals surface area contributed by atoms with E-state index in [9.17, 15) is 9.90 Å². The van der Waals surface area contributed by atoms with E-state index in [4.69, 9.17) is 11.6 Å². The highest BCUT2D eigenvalue weighted by Crippen LogP contribution is 2.57. The van der Waals surface area contributed by atoms with Crippen LogP contribution in [0.15, 0.2) is 18.2 Å². The van der Waals surface area contributed by atoms with Gasteiger partial charge in [-0.25, -0.2) is 0 Å². The van der Waals surface area contributed by atoms with Gasteiger partial charge < -0.3 is 15.7 Å². The molecule has 1 aromatic rings. The van der Waals surface area contributed by atoms with Crippen LogP contribution in [0.1, 0.15) is 44.1 Å². The topological polar surface area (TPSA) is 61.4 Å². The summed E-state index contributed by atoms with van der Waals surface area (Å²) in [6.07, 6.45) is 6.13. The van der Waals surface area contributed by atoms with Crippen molar-refractivity contribution in [2.75, 3.05) is 11.9 Å². The van der Waals surface area contributed by atoms with Gasteiger partial charge in [-0.05, 0) is 81.0 Å². The molecule has 4 nitrogen and oxygen atoms in total. The van der Waals surface area contributed by atoms with E-state index in [1.807, 2.05) is 19.1 Å². The first-order chi connectivity index (χ1) is 11.3. The third-order valence-corrected chi connectivity index (χ3v) is 6.52. The number of hydrogen-bond acceptors (Lipinski definition) is 3. The van der Waals surface area contributed by atoms with Gasteiger partial charge in [-0.15, -0.1) is 0 Å². The molecule has 1 amide bonds. The Morgan fingerprint density at radius 3 is 2.62 bits per heavy atom. The van der Waals surface area contributed by atoms with E-state index >= 15 is 0 Å². The van der Waals surface area contributed by atoms with Crippen LogP contribution in [0.25, 0.3) is 0 Å². The Hall–Kier alpha value is -1.10. The number of anilines is 1. The maximum Gasteiger partial charge on any atom is 0.238 e. The molecule has 0 saturated heterocycles. The fraction of sp³-hybridized carbons (Fsp3) is 0.632. The number of nitrogens with one attached hydrogen (secondary N) is 2. The van der Waals surface area contributed by atoms with E-state index in [2.05, 4.69) is 10.6 Å². The van der Waals surface area contributed by atoms with Gasteiger partial charge in [0, 0.05) is 16.2 Å². The summed E-state index contributed by atoms with van der Waals surface area (Å²) in [5.74, 6) is 1.19. The summed E-state index contributed by atoms with van der Waals surface area (Å²) < 4.78 is 0. The van der Waals surface area contributed by atoms with Crippen LogP contribution < -0.4 is 10.6 Å². The van der Waals surface area contributed by atoms with Gasteiger partial charge >= 0.3 is 0 Å². The summed E-state index contributed by atoms with van der Waals surface area (Å²) in [5.41, 5.74) is 1.17. The molecule has 4 fully saturated rings. The van der Waals surface area contributed by atoms with E-state index in [1.165, 1.54) is 6.42 Å². The molecule has 0 aliphatic heterocycles. The number of carbonyl (C=O) groups is 1. The van der Waals surface area contributed by atoms with Crippen molar-refractivity contribution in [2.45, 2.75) is 56.6 Å². The van der Waals surface area contributed by atoms with Crippen LogP contribution in [0.5, 0.6) is 0 Å². The number of carbonyl (C=O) groups excluding carboxylic acids is 1. The molecule has 3 N–H and O–H groups in total. The molecule has 5 rings (SSSR count). The van der Waals surface area contributed by atoms with Crippen LogP contribution in [0.2, 0.25) is 5.02 Å². The second-order valence-electron chi connectivity index (χ2n) is 8.33. The molecule has 0 aromatic heterocycles. The van der Waals surface area contributed by atoms with Crippen molar-refractivity contribution in [3.05, 3.63) is 28.8 Å². The van der Waals surface area contributed by atoms with Crippen molar-refractivity contribution in [3.8, 4) is 0 Å². The van der Waals surface area contributed by atoms with Crippen LogP contribution in [0.3, 0.4) is 0 Å². The van der Waals surface area contributed by atoms with Gasteiger partial charge in [0.2, 0.25) is 5.91 Å². The third kappa shape index (κ3) is 3.07. The summed E-state index contributed by atoms with van der Waals surface area (Å²) in [6.45, 7) is 2.21. The van der Waals surface area contributed by atoms with E-state index in [-0.39, 0.29) is 18.0 Å². The Bertz CT molecular complexity index is 661. The second-order valence-corrected chi connectivity index (χ2v) is 8.74. The molecule has 130 valence electrons. The van der Waals surface area contributed by atoms with Gasteiger partial charge in [0.15, 0.2) is 0 Å². The van der Waals surface area contributed by atoms with Gasteiger partial charge in [0.05, 0.1) is 12.1 Å². The number of aliphatic hydroxyl groups is 1. The van der Waals surface area contributed by atoms with E-state index in [1.54, 1.807) is 6.07 Å². The maximum absolute atomic E-state index is 12.3. The van der Waals surface area contributed by atoms with Crippen LogP contribution in [0, 0.1) is 18.8 Å². The molecule has 0 radical (unpaired) electrons. The van der Waals surface area contributed by atoms with Crippen LogP contribution in [0.4, 0.5) is 5.69 Å². The molecule has 4 bridgehead atoms. The van der Waals surface area contributed by atoms with Crippen molar-refractivity contribution in [1.29, 1.82) is 0 Å². The van der Waals surface area contributed by atoms with Gasteiger partial charge in [-0.3, -0.25) is 4.79 Å². The molecule has 5 heteroatoms. The zero-order valence-corrected chi connectivity index (χ0v) is 14.8. The summed E-state index contributed by atoms with van der Waals surface area (Å²) in [4.78, 5) is 12.3. The monoisotopic (exact) mass is 348 g/mol. The Morgan fingerprint density at radius 2 is 2.00 bits per heavy atom. The Morgan fingerprint density at radius 1 is 1.29 bits per heavy atom. The number of amides is 1. The fourth-order valence-corrected chi connectivity index (χ4v) is 5.73. The third-order valence-electron chi connectivity index (χ3n) is 6.10. The number of hydrogen-bond donors (Lipinski definition) is 3. The first-order valence-corrected chi connectivity index (χ1v) is 9.26. The lowest BCUT2D eigenvalue weighted by molar-refractivity contribution is -0.144. The highest BCUT2D eigenvalue weighted by Gasteiger charge is 2.56. The lowest BCUT2D eigenvalue weighted by Gasteiger charge is -2.60. The largest absolute Gasteiger partial charge is 0.390 e. The highest BCUT2D eigenvalue weighted by molar-refractivity contribution is 6.31. The predicted molar refractivity (Wildman–Crippen MR) is 95.2 cm³/mol. The highest BCUT2D eigenvalue weighted by atomic mass is 35.5. The van der Waals surface area contributed by atoms with Crippen LogP contribution in [-0.2, 0) is 4.79 Å². The zero-order valence-electron chi connectivity index (χ0n) is 14.1. The molecule has 1 aromatic carbocycles. The lowest BCUT2D eigenvalue weighted by atomic mass is 9.51. The van der Waals surface area contributed by atoms with E-state index in [0.717, 1.165) is 43.4 Å². The molecule has 0 spiro atoms. The Kier molecular flexibility index (Phi) is 3.90. The van der Waals surface area contributed by atoms with Crippen molar-refractivity contribution < 1.29 is 9.90 Å². The van der Waals surface area contributed by atoms with E-state index < -0.39 is 5.60 Å². The minimum Gasteiger partial charge on any atom is -0.390 e. The molecule has 2 unspecified atom stereocenters. The first kappa shape index (κ1) is 16.4. The normalized spacial score (nSPS) is 36.8. The summed E-state index contributed by atoms with van der Waals surface area (Å²) >= 11 is 6.02. The maximum atomic E-state index is 12.3. The molecule has 24 heavy (non-hydrogen) atoms. The minimum atomic E-state index is -0.499. The second kappa shape index (κ2) is 5.72. The SMILES string of the molecule is Cc1cc(NC(=O)CNC23C[C@@H]4C[C@@H](CC(O)(C4)C2)C3)ccc1Cl. The minimum absolute atomic E-state index is 0.0422. The van der Waals surface area contributed by atoms with Crippen LogP contribution >= 0.6 is 11.6 Å². The summed E-state index contributed by atoms with van der Waals surface area (Å²) in [5, 5.41) is 17.9. The molecular formula is C19H25ClN2O2. The summed E-state index contributed by atoms with van der Waals surface area (Å²) in [6, 6.07) is 5.50. The lowest BCUT2D eigenvalue weighted by Crippen LogP contribution is -2.65. The predicted octanol–water partition coefficient (Wildman–Crippen LogP) is 3.26. The van der Waals surface area contributed by atoms with Crippen LogP contribution in [-0.4, -0.2) is 28.7 Å². The molecular weight excluding hydrogens is 324 g/mol. The standard InChI is InChI=1S/C19H25ClN2O2/c1-12-4-15(2-3-16(12)20)22-17(23)10-21-18-6-13-5-14(7-18)9-19(24,8-13)11-18/h2-4,13-14,21,24H,5-11H2,1H3,(H,22,23)/t13-,14+,18?,19?. The van der Waals surface area contributed by atoms with Gasteiger partial charge in [-0.2, -0.15) is 0 Å². The summed E-state index contributed by atoms with van der Waals surface area (Å²) in [7, 11) is 0. The number of aryl methyl sites for hydroxylation is 1. The van der Waals surface area contributed by atoms with Crippen molar-refractivity contribution in [2.24, 2.45) is 11.8 Å². The Balaban J connectivity index is 1.38. The van der Waals surface area contributed by atoms with Crippen molar-refractivity contribution in [1.82, 2.24) is 5.32 Å². The molecule has 4 atom stereocenters. The number of benzene rings is 1. The molecule has 4 aliphatic rings. The van der Waals surface area contributed by atoms with Gasteiger partial charge in [-0.1, -0.05) is 11.6 Å². The Labute approximate surface area is 148 Å². The molecule has 4 aliphatic carbocycles. The average Bonchev–Trinajstić information content (AvgIpc) is 2.47.